The van der Waals surface area contributed by atoms with Crippen LogP contribution in [0, 0.1) is 0 Å². The first-order valence-electron chi connectivity index (χ1n) is 5.48. The molecule has 0 bridgehead atoms. The summed E-state index contributed by atoms with van der Waals surface area (Å²) in [5.41, 5.74) is 0.975. The van der Waals surface area contributed by atoms with E-state index in [1.807, 2.05) is 24.4 Å². The molecule has 1 fully saturated rings. The summed E-state index contributed by atoms with van der Waals surface area (Å²) in [7, 11) is 0. The van der Waals surface area contributed by atoms with Crippen molar-refractivity contribution < 1.29 is 0 Å². The highest BCUT2D eigenvalue weighted by molar-refractivity contribution is 5.20. The third-order valence-electron chi connectivity index (χ3n) is 2.59. The third kappa shape index (κ3) is 2.09. The van der Waals surface area contributed by atoms with Crippen molar-refractivity contribution in [2.45, 2.75) is 25.4 Å². The van der Waals surface area contributed by atoms with E-state index in [9.17, 15) is 0 Å². The fourth-order valence-electron chi connectivity index (χ4n) is 1.51. The molecular weight excluding hydrogens is 202 g/mol. The Morgan fingerprint density at radius 3 is 2.88 bits per heavy atom. The number of nitrogens with one attached hydrogen (secondary N) is 1. The Hall–Kier alpha value is -1.75. The van der Waals surface area contributed by atoms with Crippen molar-refractivity contribution in [2.75, 3.05) is 0 Å². The monoisotopic (exact) mass is 215 g/mol. The molecule has 1 N–H and O–H groups in total. The molecule has 0 saturated heterocycles. The van der Waals surface area contributed by atoms with E-state index in [1.54, 1.807) is 10.9 Å². The number of aromatic nitrogens is 4. The summed E-state index contributed by atoms with van der Waals surface area (Å²) >= 11 is 0. The third-order valence-corrected chi connectivity index (χ3v) is 2.59. The summed E-state index contributed by atoms with van der Waals surface area (Å²) in [6, 6.07) is 6.49. The Labute approximate surface area is 93.5 Å². The van der Waals surface area contributed by atoms with Gasteiger partial charge in [-0.05, 0) is 31.0 Å². The summed E-state index contributed by atoms with van der Waals surface area (Å²) in [6.07, 6.45) is 6.16. The number of nitrogens with zero attached hydrogens (tertiary/aromatic N) is 4. The summed E-state index contributed by atoms with van der Waals surface area (Å²) in [6.45, 7) is 0.803. The van der Waals surface area contributed by atoms with Crippen molar-refractivity contribution >= 4 is 0 Å². The van der Waals surface area contributed by atoms with E-state index in [-0.39, 0.29) is 0 Å². The van der Waals surface area contributed by atoms with Gasteiger partial charge in [0.2, 0.25) is 0 Å². The lowest BCUT2D eigenvalue weighted by atomic mass is 10.4. The first-order valence-corrected chi connectivity index (χ1v) is 5.48. The lowest BCUT2D eigenvalue weighted by Gasteiger charge is -2.02. The Morgan fingerprint density at radius 1 is 1.31 bits per heavy atom. The molecule has 3 rings (SSSR count). The molecule has 1 aliphatic rings. The Morgan fingerprint density at radius 2 is 2.25 bits per heavy atom. The topological polar surface area (TPSA) is 55.6 Å². The zero-order valence-electron chi connectivity index (χ0n) is 8.87. The van der Waals surface area contributed by atoms with E-state index >= 15 is 0 Å². The van der Waals surface area contributed by atoms with Crippen LogP contribution >= 0.6 is 0 Å². The van der Waals surface area contributed by atoms with Gasteiger partial charge in [0.25, 0.3) is 0 Å². The second kappa shape index (κ2) is 4.02. The van der Waals surface area contributed by atoms with Crippen LogP contribution in [-0.2, 0) is 6.54 Å². The fraction of sp³-hybridized carbons (Fsp3) is 0.364. The molecule has 0 amide bonds. The molecule has 1 aliphatic carbocycles. The molecule has 2 heterocycles. The average Bonchev–Trinajstić information content (AvgIpc) is 3.00. The van der Waals surface area contributed by atoms with Gasteiger partial charge in [-0.3, -0.25) is 0 Å². The highest BCUT2D eigenvalue weighted by Gasteiger charge is 2.20. The van der Waals surface area contributed by atoms with Gasteiger partial charge in [-0.25, -0.2) is 4.68 Å². The fourth-order valence-corrected chi connectivity index (χ4v) is 1.51. The van der Waals surface area contributed by atoms with Gasteiger partial charge < -0.3 is 5.32 Å². The van der Waals surface area contributed by atoms with E-state index in [4.69, 9.17) is 0 Å². The van der Waals surface area contributed by atoms with Crippen molar-refractivity contribution in [1.29, 1.82) is 0 Å². The summed E-state index contributed by atoms with van der Waals surface area (Å²) in [4.78, 5) is 0. The van der Waals surface area contributed by atoms with Crippen LogP contribution in [-0.4, -0.2) is 26.0 Å². The zero-order valence-corrected chi connectivity index (χ0v) is 8.87. The molecule has 82 valence electrons. The minimum Gasteiger partial charge on any atom is -0.308 e. The first kappa shape index (κ1) is 9.47. The van der Waals surface area contributed by atoms with Gasteiger partial charge in [-0.15, -0.1) is 5.10 Å². The van der Waals surface area contributed by atoms with Gasteiger partial charge in [-0.1, -0.05) is 0 Å². The Kier molecular flexibility index (Phi) is 2.38. The molecule has 0 atom stereocenters. The van der Waals surface area contributed by atoms with Crippen molar-refractivity contribution in [3.8, 4) is 5.82 Å². The molecule has 0 aliphatic heterocycles. The van der Waals surface area contributed by atoms with Gasteiger partial charge in [-0.2, -0.15) is 10.2 Å². The zero-order chi connectivity index (χ0) is 10.8. The van der Waals surface area contributed by atoms with Gasteiger partial charge in [0, 0.05) is 25.0 Å². The number of hydrogen-bond donors (Lipinski definition) is 1. The van der Waals surface area contributed by atoms with E-state index in [0.29, 0.717) is 6.04 Å². The molecule has 5 nitrogen and oxygen atoms in total. The molecule has 5 heteroatoms. The standard InChI is InChI=1S/C11H13N5/c1-6-13-16(7-1)11-5-4-10(14-15-11)8-12-9-2-3-9/h1,4-7,9,12H,2-3,8H2. The smallest absolute Gasteiger partial charge is 0.175 e. The molecule has 2 aromatic rings. The van der Waals surface area contributed by atoms with Crippen molar-refractivity contribution in [3.05, 3.63) is 36.3 Å². The van der Waals surface area contributed by atoms with Crippen LogP contribution in [0.4, 0.5) is 0 Å². The predicted octanol–water partition coefficient (Wildman–Crippen LogP) is 0.914. The van der Waals surface area contributed by atoms with E-state index in [1.165, 1.54) is 12.8 Å². The summed E-state index contributed by atoms with van der Waals surface area (Å²) < 4.78 is 1.70. The lowest BCUT2D eigenvalue weighted by Crippen LogP contribution is -2.16. The largest absolute Gasteiger partial charge is 0.308 e. The van der Waals surface area contributed by atoms with Crippen LogP contribution in [0.1, 0.15) is 18.5 Å². The minimum absolute atomic E-state index is 0.701. The Balaban J connectivity index is 1.69. The molecule has 0 aromatic carbocycles. The van der Waals surface area contributed by atoms with Crippen LogP contribution in [0.5, 0.6) is 0 Å². The molecule has 0 radical (unpaired) electrons. The second-order valence-corrected chi connectivity index (χ2v) is 3.99. The van der Waals surface area contributed by atoms with Crippen LogP contribution in [0.15, 0.2) is 30.6 Å². The maximum Gasteiger partial charge on any atom is 0.175 e. The number of rotatable bonds is 4. The van der Waals surface area contributed by atoms with Crippen LogP contribution in [0.2, 0.25) is 0 Å². The van der Waals surface area contributed by atoms with Crippen LogP contribution in [0.25, 0.3) is 5.82 Å². The molecule has 2 aromatic heterocycles. The normalized spacial score (nSPS) is 15.2. The average molecular weight is 215 g/mol. The van der Waals surface area contributed by atoms with Gasteiger partial charge in [0.1, 0.15) is 0 Å². The maximum atomic E-state index is 4.16. The van der Waals surface area contributed by atoms with Crippen molar-refractivity contribution in [2.24, 2.45) is 0 Å². The first-order chi connectivity index (χ1) is 7.92. The van der Waals surface area contributed by atoms with Crippen LogP contribution in [0.3, 0.4) is 0 Å². The maximum absolute atomic E-state index is 4.16. The Bertz CT molecular complexity index is 444. The van der Waals surface area contributed by atoms with Crippen molar-refractivity contribution in [3.63, 3.8) is 0 Å². The predicted molar refractivity (Wildman–Crippen MR) is 59.0 cm³/mol. The van der Waals surface area contributed by atoms with Gasteiger partial charge in [0.05, 0.1) is 5.69 Å². The van der Waals surface area contributed by atoms with E-state index in [2.05, 4.69) is 20.6 Å². The van der Waals surface area contributed by atoms with Gasteiger partial charge in [0.15, 0.2) is 5.82 Å². The van der Waals surface area contributed by atoms with E-state index < -0.39 is 0 Å². The van der Waals surface area contributed by atoms with E-state index in [0.717, 1.165) is 18.1 Å². The summed E-state index contributed by atoms with van der Waals surface area (Å²) in [5, 5.41) is 15.8. The molecular formula is C11H13N5. The molecule has 0 spiro atoms. The second-order valence-electron chi connectivity index (χ2n) is 3.99. The SMILES string of the molecule is c1cnn(-c2ccc(CNC3CC3)nn2)c1. The molecule has 1 saturated carbocycles. The van der Waals surface area contributed by atoms with Crippen LogP contribution < -0.4 is 5.32 Å². The summed E-state index contributed by atoms with van der Waals surface area (Å²) in [5.74, 6) is 0.750. The van der Waals surface area contributed by atoms with Crippen molar-refractivity contribution in [1.82, 2.24) is 25.3 Å². The van der Waals surface area contributed by atoms with Gasteiger partial charge >= 0.3 is 0 Å². The lowest BCUT2D eigenvalue weighted by molar-refractivity contribution is 0.661. The highest BCUT2D eigenvalue weighted by atomic mass is 15.3. The quantitative estimate of drug-likeness (QED) is 0.823. The molecule has 16 heavy (non-hydrogen) atoms. The minimum atomic E-state index is 0.701. The molecule has 0 unspecified atom stereocenters. The number of hydrogen-bond acceptors (Lipinski definition) is 4. The highest BCUT2D eigenvalue weighted by Crippen LogP contribution is 2.18.